The maximum Gasteiger partial charge on any atom is 0.412 e. The minimum absolute atomic E-state index is 0.421. The van der Waals surface area contributed by atoms with E-state index in [-0.39, 0.29) is 0 Å². The van der Waals surface area contributed by atoms with Gasteiger partial charge in [0.1, 0.15) is 5.60 Å². The van der Waals surface area contributed by atoms with Crippen molar-refractivity contribution >= 4 is 44.8 Å². The third-order valence-corrected chi connectivity index (χ3v) is 4.44. The standard InChI is InChI=1S/C18H21ClN2O4S/c1-18(2,3)25-17(22)20-14-8-10-15(11-9-14)21(26(4,23)24)16-7-5-6-13(19)12-16/h5-12H,1-4H3,(H,20,22). The average Bonchev–Trinajstić information content (AvgIpc) is 2.46. The summed E-state index contributed by atoms with van der Waals surface area (Å²) in [7, 11) is -3.59. The van der Waals surface area contributed by atoms with Gasteiger partial charge in [-0.15, -0.1) is 0 Å². The highest BCUT2D eigenvalue weighted by Gasteiger charge is 2.20. The Morgan fingerprint density at radius 1 is 1.08 bits per heavy atom. The number of hydrogen-bond acceptors (Lipinski definition) is 4. The summed E-state index contributed by atoms with van der Waals surface area (Å²) in [5.41, 5.74) is 0.726. The van der Waals surface area contributed by atoms with Crippen LogP contribution in [0.5, 0.6) is 0 Å². The van der Waals surface area contributed by atoms with Crippen molar-refractivity contribution in [3.05, 3.63) is 53.6 Å². The van der Waals surface area contributed by atoms with Crippen molar-refractivity contribution < 1.29 is 17.9 Å². The Bertz CT molecular complexity index is 890. The van der Waals surface area contributed by atoms with Crippen LogP contribution in [-0.2, 0) is 14.8 Å². The van der Waals surface area contributed by atoms with Gasteiger partial charge in [0.25, 0.3) is 0 Å². The molecular weight excluding hydrogens is 376 g/mol. The van der Waals surface area contributed by atoms with E-state index in [1.807, 2.05) is 0 Å². The molecule has 0 aromatic heterocycles. The van der Waals surface area contributed by atoms with E-state index in [4.69, 9.17) is 16.3 Å². The molecule has 0 spiro atoms. The molecule has 0 aliphatic rings. The number of nitrogens with zero attached hydrogens (tertiary/aromatic N) is 1. The summed E-state index contributed by atoms with van der Waals surface area (Å²) in [4.78, 5) is 11.8. The van der Waals surface area contributed by atoms with Gasteiger partial charge in [0.05, 0.1) is 17.6 Å². The molecule has 0 radical (unpaired) electrons. The molecule has 0 saturated carbocycles. The molecule has 0 fully saturated rings. The van der Waals surface area contributed by atoms with Crippen molar-refractivity contribution in [2.75, 3.05) is 15.9 Å². The van der Waals surface area contributed by atoms with Crippen LogP contribution in [0.4, 0.5) is 21.9 Å². The first-order valence-electron chi connectivity index (χ1n) is 7.82. The molecule has 0 saturated heterocycles. The number of sulfonamides is 1. The Morgan fingerprint density at radius 2 is 1.69 bits per heavy atom. The van der Waals surface area contributed by atoms with E-state index in [1.165, 1.54) is 4.31 Å². The van der Waals surface area contributed by atoms with Gasteiger partial charge in [-0.3, -0.25) is 5.32 Å². The van der Waals surface area contributed by atoms with Crippen LogP contribution >= 0.6 is 11.6 Å². The van der Waals surface area contributed by atoms with Gasteiger partial charge in [-0.25, -0.2) is 17.5 Å². The molecule has 2 aromatic rings. The Kier molecular flexibility index (Phi) is 5.83. The van der Waals surface area contributed by atoms with Crippen molar-refractivity contribution in [3.8, 4) is 0 Å². The highest BCUT2D eigenvalue weighted by molar-refractivity contribution is 7.92. The average molecular weight is 397 g/mol. The van der Waals surface area contributed by atoms with Crippen LogP contribution in [0.25, 0.3) is 0 Å². The molecule has 0 aliphatic carbocycles. The fourth-order valence-electron chi connectivity index (χ4n) is 2.24. The number of halogens is 1. The fraction of sp³-hybridized carbons (Fsp3) is 0.278. The van der Waals surface area contributed by atoms with Crippen molar-refractivity contribution in [2.45, 2.75) is 26.4 Å². The predicted octanol–water partition coefficient (Wildman–Crippen LogP) is 4.78. The maximum atomic E-state index is 12.3. The van der Waals surface area contributed by atoms with Gasteiger partial charge >= 0.3 is 6.09 Å². The van der Waals surface area contributed by atoms with E-state index < -0.39 is 21.7 Å². The van der Waals surface area contributed by atoms with Crippen LogP contribution in [0.1, 0.15) is 20.8 Å². The van der Waals surface area contributed by atoms with E-state index in [0.717, 1.165) is 6.26 Å². The topological polar surface area (TPSA) is 75.7 Å². The van der Waals surface area contributed by atoms with Crippen LogP contribution < -0.4 is 9.62 Å². The van der Waals surface area contributed by atoms with E-state index >= 15 is 0 Å². The first-order chi connectivity index (χ1) is 12.0. The summed E-state index contributed by atoms with van der Waals surface area (Å²) < 4.78 is 30.9. The van der Waals surface area contributed by atoms with Crippen LogP contribution in [0.3, 0.4) is 0 Å². The number of carbonyl (C=O) groups excluding carboxylic acids is 1. The number of carbonyl (C=O) groups is 1. The Hall–Kier alpha value is -2.25. The SMILES string of the molecule is CC(C)(C)OC(=O)Nc1ccc(N(c2cccc(Cl)c2)S(C)(=O)=O)cc1. The molecule has 0 heterocycles. The zero-order valence-corrected chi connectivity index (χ0v) is 16.6. The van der Waals surface area contributed by atoms with Gasteiger partial charge in [-0.1, -0.05) is 17.7 Å². The first kappa shape index (κ1) is 20.1. The van der Waals surface area contributed by atoms with E-state index in [2.05, 4.69) is 5.32 Å². The van der Waals surface area contributed by atoms with E-state index in [9.17, 15) is 13.2 Å². The monoisotopic (exact) mass is 396 g/mol. The molecule has 1 amide bonds. The summed E-state index contributed by atoms with van der Waals surface area (Å²) in [6.07, 6.45) is 0.529. The van der Waals surface area contributed by atoms with Crippen molar-refractivity contribution in [1.29, 1.82) is 0 Å². The molecule has 2 rings (SSSR count). The van der Waals surface area contributed by atoms with Gasteiger partial charge in [0.15, 0.2) is 0 Å². The van der Waals surface area contributed by atoms with E-state index in [0.29, 0.717) is 22.1 Å². The summed E-state index contributed by atoms with van der Waals surface area (Å²) in [5.74, 6) is 0. The summed E-state index contributed by atoms with van der Waals surface area (Å²) >= 11 is 5.98. The molecule has 6 nitrogen and oxygen atoms in total. The lowest BCUT2D eigenvalue weighted by atomic mass is 10.2. The molecule has 0 unspecified atom stereocenters. The molecule has 140 valence electrons. The largest absolute Gasteiger partial charge is 0.444 e. The molecular formula is C18H21ClN2O4S. The third kappa shape index (κ3) is 5.64. The Balaban J connectivity index is 2.27. The quantitative estimate of drug-likeness (QED) is 0.806. The van der Waals surface area contributed by atoms with Crippen LogP contribution in [0, 0.1) is 0 Å². The van der Waals surface area contributed by atoms with Crippen molar-refractivity contribution in [1.82, 2.24) is 0 Å². The predicted molar refractivity (Wildman–Crippen MR) is 105 cm³/mol. The highest BCUT2D eigenvalue weighted by atomic mass is 35.5. The highest BCUT2D eigenvalue weighted by Crippen LogP contribution is 2.31. The number of ether oxygens (including phenoxy) is 1. The minimum Gasteiger partial charge on any atom is -0.444 e. The summed E-state index contributed by atoms with van der Waals surface area (Å²) in [6.45, 7) is 5.31. The van der Waals surface area contributed by atoms with Crippen LogP contribution in [0.15, 0.2) is 48.5 Å². The molecule has 0 aliphatic heterocycles. The number of hydrogen-bond donors (Lipinski definition) is 1. The van der Waals surface area contributed by atoms with Crippen molar-refractivity contribution in [2.24, 2.45) is 0 Å². The number of rotatable bonds is 4. The normalized spacial score (nSPS) is 11.7. The lowest BCUT2D eigenvalue weighted by Crippen LogP contribution is -2.27. The number of benzene rings is 2. The smallest absolute Gasteiger partial charge is 0.412 e. The van der Waals surface area contributed by atoms with Crippen molar-refractivity contribution in [3.63, 3.8) is 0 Å². The van der Waals surface area contributed by atoms with E-state index in [1.54, 1.807) is 69.3 Å². The third-order valence-electron chi connectivity index (χ3n) is 3.12. The second kappa shape index (κ2) is 7.55. The van der Waals surface area contributed by atoms with Gasteiger partial charge in [0, 0.05) is 10.7 Å². The molecule has 8 heteroatoms. The molecule has 0 bridgehead atoms. The first-order valence-corrected chi connectivity index (χ1v) is 10.0. The van der Waals surface area contributed by atoms with Gasteiger partial charge in [-0.05, 0) is 63.2 Å². The molecule has 26 heavy (non-hydrogen) atoms. The molecule has 2 aromatic carbocycles. The number of nitrogens with one attached hydrogen (secondary N) is 1. The summed E-state index contributed by atoms with van der Waals surface area (Å²) in [5, 5.41) is 3.03. The number of amides is 1. The minimum atomic E-state index is -3.59. The molecule has 0 atom stereocenters. The Labute approximate surface area is 158 Å². The van der Waals surface area contributed by atoms with Crippen LogP contribution in [-0.4, -0.2) is 26.4 Å². The van der Waals surface area contributed by atoms with Gasteiger partial charge < -0.3 is 4.74 Å². The van der Waals surface area contributed by atoms with Gasteiger partial charge in [-0.2, -0.15) is 0 Å². The fourth-order valence-corrected chi connectivity index (χ4v) is 3.42. The lowest BCUT2D eigenvalue weighted by Gasteiger charge is -2.23. The Morgan fingerprint density at radius 3 is 2.19 bits per heavy atom. The van der Waals surface area contributed by atoms with Crippen LogP contribution in [0.2, 0.25) is 5.02 Å². The maximum absolute atomic E-state index is 12.3. The lowest BCUT2D eigenvalue weighted by molar-refractivity contribution is 0.0636. The zero-order chi connectivity index (χ0) is 19.5. The number of anilines is 3. The zero-order valence-electron chi connectivity index (χ0n) is 15.0. The summed E-state index contributed by atoms with van der Waals surface area (Å²) in [6, 6.07) is 12.9. The molecule has 1 N–H and O–H groups in total. The second-order valence-corrected chi connectivity index (χ2v) is 8.95. The van der Waals surface area contributed by atoms with Gasteiger partial charge in [0.2, 0.25) is 10.0 Å². The second-order valence-electron chi connectivity index (χ2n) is 6.68.